The van der Waals surface area contributed by atoms with Gasteiger partial charge in [0, 0.05) is 29.6 Å². The Hall–Kier alpha value is -2.95. The molecule has 0 unspecified atom stereocenters. The summed E-state index contributed by atoms with van der Waals surface area (Å²) in [5, 5.41) is 0.993. The molecular formula is C22H23N3O2. The van der Waals surface area contributed by atoms with E-state index in [0.717, 1.165) is 42.1 Å². The average Bonchev–Trinajstić information content (AvgIpc) is 3.22. The van der Waals surface area contributed by atoms with Crippen molar-refractivity contribution in [3.8, 4) is 0 Å². The Morgan fingerprint density at radius 1 is 1.19 bits per heavy atom. The largest absolute Gasteiger partial charge is 0.331 e. The van der Waals surface area contributed by atoms with E-state index in [4.69, 9.17) is 0 Å². The van der Waals surface area contributed by atoms with Crippen molar-refractivity contribution in [1.82, 2.24) is 14.9 Å². The Bertz CT molecular complexity index is 1020. The quantitative estimate of drug-likeness (QED) is 0.768. The molecule has 27 heavy (non-hydrogen) atoms. The number of amides is 1. The van der Waals surface area contributed by atoms with Gasteiger partial charge in [-0.25, -0.2) is 0 Å². The van der Waals surface area contributed by atoms with Gasteiger partial charge in [-0.05, 0) is 48.9 Å². The minimum Gasteiger partial charge on any atom is -0.331 e. The molecule has 4 rings (SSSR count). The number of hydrogen-bond acceptors (Lipinski definition) is 3. The van der Waals surface area contributed by atoms with Gasteiger partial charge in [0.25, 0.3) is 11.5 Å². The molecule has 1 fully saturated rings. The Morgan fingerprint density at radius 3 is 2.67 bits per heavy atom. The molecule has 1 amide bonds. The van der Waals surface area contributed by atoms with E-state index in [1.807, 2.05) is 36.1 Å². The Morgan fingerprint density at radius 2 is 1.93 bits per heavy atom. The summed E-state index contributed by atoms with van der Waals surface area (Å²) in [6.45, 7) is 2.31. The van der Waals surface area contributed by atoms with Crippen molar-refractivity contribution in [1.29, 1.82) is 0 Å². The number of aromatic amines is 1. The molecule has 0 spiro atoms. The molecule has 1 aliphatic rings. The van der Waals surface area contributed by atoms with Crippen LogP contribution in [0.3, 0.4) is 0 Å². The van der Waals surface area contributed by atoms with Crippen LogP contribution in [0.4, 0.5) is 0 Å². The third-order valence-electron chi connectivity index (χ3n) is 5.46. The number of aryl methyl sites for hydroxylation is 1. The van der Waals surface area contributed by atoms with E-state index in [0.29, 0.717) is 17.7 Å². The highest BCUT2D eigenvalue weighted by molar-refractivity contribution is 5.94. The molecule has 1 N–H and O–H groups in total. The van der Waals surface area contributed by atoms with Crippen LogP contribution in [0.5, 0.6) is 0 Å². The normalized spacial score (nSPS) is 14.6. The number of nitrogens with one attached hydrogen (secondary N) is 1. The van der Waals surface area contributed by atoms with E-state index in [-0.39, 0.29) is 17.5 Å². The van der Waals surface area contributed by atoms with Gasteiger partial charge < -0.3 is 9.88 Å². The SMILES string of the molecule is Cc1cccc2cc(CN(C(=O)c3ccncc3)C3CCCC3)c(=O)[nH]c12. The summed E-state index contributed by atoms with van der Waals surface area (Å²) in [4.78, 5) is 34.7. The number of hydrogen-bond donors (Lipinski definition) is 1. The highest BCUT2D eigenvalue weighted by Crippen LogP contribution is 2.26. The standard InChI is InChI=1S/C22H23N3O2/c1-15-5-4-6-17-13-18(21(26)24-20(15)17)14-25(19-7-2-3-8-19)22(27)16-9-11-23-12-10-16/h4-6,9-13,19H,2-3,7-8,14H2,1H3,(H,24,26). The molecular weight excluding hydrogens is 338 g/mol. The van der Waals surface area contributed by atoms with Crippen molar-refractivity contribution >= 4 is 16.8 Å². The second-order valence-electron chi connectivity index (χ2n) is 7.27. The third kappa shape index (κ3) is 3.50. The maximum absolute atomic E-state index is 13.2. The molecule has 0 bridgehead atoms. The fraction of sp³-hybridized carbons (Fsp3) is 0.318. The lowest BCUT2D eigenvalue weighted by Gasteiger charge is -2.29. The molecule has 138 valence electrons. The van der Waals surface area contributed by atoms with E-state index in [1.54, 1.807) is 24.5 Å². The number of benzene rings is 1. The number of aromatic nitrogens is 2. The second-order valence-corrected chi connectivity index (χ2v) is 7.27. The van der Waals surface area contributed by atoms with Gasteiger partial charge in [0.15, 0.2) is 0 Å². The minimum atomic E-state index is -0.123. The lowest BCUT2D eigenvalue weighted by molar-refractivity contribution is 0.0663. The van der Waals surface area contributed by atoms with Gasteiger partial charge in [-0.2, -0.15) is 0 Å². The van der Waals surface area contributed by atoms with Crippen LogP contribution in [0, 0.1) is 6.92 Å². The van der Waals surface area contributed by atoms with Crippen LogP contribution in [-0.4, -0.2) is 26.8 Å². The number of para-hydroxylation sites is 1. The van der Waals surface area contributed by atoms with Gasteiger partial charge >= 0.3 is 0 Å². The summed E-state index contributed by atoms with van der Waals surface area (Å²) in [7, 11) is 0. The van der Waals surface area contributed by atoms with Gasteiger partial charge in [0.05, 0.1) is 12.1 Å². The first kappa shape index (κ1) is 17.5. The number of carbonyl (C=O) groups excluding carboxylic acids is 1. The molecule has 0 aliphatic heterocycles. The minimum absolute atomic E-state index is 0.0342. The Kier molecular flexibility index (Phi) is 4.75. The van der Waals surface area contributed by atoms with Crippen LogP contribution in [0.25, 0.3) is 10.9 Å². The van der Waals surface area contributed by atoms with Crippen LogP contribution in [0.1, 0.15) is 47.2 Å². The monoisotopic (exact) mass is 361 g/mol. The highest BCUT2D eigenvalue weighted by atomic mass is 16.2. The molecule has 3 aromatic rings. The second kappa shape index (κ2) is 7.35. The van der Waals surface area contributed by atoms with Crippen molar-refractivity contribution in [2.75, 3.05) is 0 Å². The van der Waals surface area contributed by atoms with E-state index in [1.165, 1.54) is 0 Å². The van der Waals surface area contributed by atoms with Crippen molar-refractivity contribution in [2.24, 2.45) is 0 Å². The molecule has 0 radical (unpaired) electrons. The van der Waals surface area contributed by atoms with Crippen LogP contribution in [0.2, 0.25) is 0 Å². The highest BCUT2D eigenvalue weighted by Gasteiger charge is 2.28. The first-order valence-corrected chi connectivity index (χ1v) is 9.46. The molecule has 5 heteroatoms. The number of pyridine rings is 2. The molecule has 1 aliphatic carbocycles. The number of H-pyrrole nitrogens is 1. The first-order valence-electron chi connectivity index (χ1n) is 9.46. The van der Waals surface area contributed by atoms with E-state index in [9.17, 15) is 9.59 Å². The maximum atomic E-state index is 13.2. The van der Waals surface area contributed by atoms with Crippen molar-refractivity contribution in [2.45, 2.75) is 45.2 Å². The summed E-state index contributed by atoms with van der Waals surface area (Å²) in [5.74, 6) is -0.0342. The van der Waals surface area contributed by atoms with E-state index in [2.05, 4.69) is 9.97 Å². The first-order chi connectivity index (χ1) is 13.1. The summed E-state index contributed by atoms with van der Waals surface area (Å²) >= 11 is 0. The Balaban J connectivity index is 1.71. The molecule has 0 saturated heterocycles. The molecule has 2 heterocycles. The van der Waals surface area contributed by atoms with Crippen LogP contribution in [-0.2, 0) is 6.54 Å². The number of nitrogens with zero attached hydrogens (tertiary/aromatic N) is 2. The van der Waals surface area contributed by atoms with Crippen LogP contribution in [0.15, 0.2) is 53.6 Å². The maximum Gasteiger partial charge on any atom is 0.254 e. The van der Waals surface area contributed by atoms with Gasteiger partial charge in [0.1, 0.15) is 0 Å². The third-order valence-corrected chi connectivity index (χ3v) is 5.46. The lowest BCUT2D eigenvalue weighted by Crippen LogP contribution is -2.39. The van der Waals surface area contributed by atoms with Crippen LogP contribution >= 0.6 is 0 Å². The molecule has 1 aromatic carbocycles. The van der Waals surface area contributed by atoms with Crippen molar-refractivity contribution in [3.05, 3.63) is 75.8 Å². The predicted molar refractivity (Wildman–Crippen MR) is 106 cm³/mol. The summed E-state index contributed by atoms with van der Waals surface area (Å²) in [5.41, 5.74) is 3.02. The zero-order valence-electron chi connectivity index (χ0n) is 15.4. The molecule has 2 aromatic heterocycles. The predicted octanol–water partition coefficient (Wildman–Crippen LogP) is 3.82. The van der Waals surface area contributed by atoms with Gasteiger partial charge in [0.2, 0.25) is 0 Å². The van der Waals surface area contributed by atoms with Gasteiger partial charge in [-0.15, -0.1) is 0 Å². The molecule has 1 saturated carbocycles. The van der Waals surface area contributed by atoms with Crippen molar-refractivity contribution in [3.63, 3.8) is 0 Å². The lowest BCUT2D eigenvalue weighted by atomic mass is 10.1. The molecule has 0 atom stereocenters. The van der Waals surface area contributed by atoms with Gasteiger partial charge in [-0.3, -0.25) is 14.6 Å². The fourth-order valence-corrected chi connectivity index (χ4v) is 3.97. The van der Waals surface area contributed by atoms with Crippen molar-refractivity contribution < 1.29 is 4.79 Å². The van der Waals surface area contributed by atoms with E-state index < -0.39 is 0 Å². The molecule has 5 nitrogen and oxygen atoms in total. The zero-order valence-corrected chi connectivity index (χ0v) is 15.4. The van der Waals surface area contributed by atoms with Crippen LogP contribution < -0.4 is 5.56 Å². The number of carbonyl (C=O) groups is 1. The zero-order chi connectivity index (χ0) is 18.8. The Labute approximate surface area is 158 Å². The fourth-order valence-electron chi connectivity index (χ4n) is 3.97. The average molecular weight is 361 g/mol. The topological polar surface area (TPSA) is 66.1 Å². The van der Waals surface area contributed by atoms with Gasteiger partial charge in [-0.1, -0.05) is 31.0 Å². The number of fused-ring (bicyclic) bond motifs is 1. The van der Waals surface area contributed by atoms with E-state index >= 15 is 0 Å². The number of rotatable bonds is 4. The summed E-state index contributed by atoms with van der Waals surface area (Å²) < 4.78 is 0. The smallest absolute Gasteiger partial charge is 0.254 e. The summed E-state index contributed by atoms with van der Waals surface area (Å²) in [6, 6.07) is 11.5. The summed E-state index contributed by atoms with van der Waals surface area (Å²) in [6.07, 6.45) is 7.48.